The first-order valence-corrected chi connectivity index (χ1v) is 29.0. The molecular weight excluding hydrogens is 1190 g/mol. The van der Waals surface area contributed by atoms with Crippen molar-refractivity contribution in [3.63, 3.8) is 0 Å². The molecule has 2 aliphatic rings. The van der Waals surface area contributed by atoms with E-state index in [0.717, 1.165) is 77.8 Å². The first-order chi connectivity index (χ1) is 39.2. The second kappa shape index (κ2) is 19.2. The minimum absolute atomic E-state index is 0. The third-order valence-electron chi connectivity index (χ3n) is 17.4. The van der Waals surface area contributed by atoms with Crippen LogP contribution in [0.3, 0.4) is 0 Å². The molecule has 0 N–H and O–H groups in total. The topological polar surface area (TPSA) is 35.9 Å². The van der Waals surface area contributed by atoms with Crippen LogP contribution in [0.4, 0.5) is 0 Å². The molecule has 12 aromatic rings. The van der Waals surface area contributed by atoms with Gasteiger partial charge in [-0.05, 0) is 123 Å². The van der Waals surface area contributed by atoms with Crippen LogP contribution >= 0.6 is 0 Å². The van der Waals surface area contributed by atoms with Crippen LogP contribution in [-0.2, 0) is 48.1 Å². The molecule has 6 heteroatoms. The summed E-state index contributed by atoms with van der Waals surface area (Å²) in [7, 11) is 0. The molecule has 3 aromatic heterocycles. The predicted octanol–water partition coefficient (Wildman–Crippen LogP) is 18.8. The average molecular weight is 1260 g/mol. The normalized spacial score (nSPS) is 13.5. The Hall–Kier alpha value is -8.11. The van der Waals surface area contributed by atoms with E-state index >= 15 is 0 Å². The Morgan fingerprint density at radius 2 is 1.04 bits per heavy atom. The number of pyridine rings is 1. The van der Waals surface area contributed by atoms with Crippen molar-refractivity contribution in [2.75, 3.05) is 0 Å². The van der Waals surface area contributed by atoms with E-state index in [9.17, 15) is 0 Å². The van der Waals surface area contributed by atoms with E-state index in [4.69, 9.17) is 9.72 Å². The molecule has 0 amide bonds. The fraction of sp³-hybridized carbons (Fsp3) is 0.221. The van der Waals surface area contributed by atoms with Gasteiger partial charge in [0.15, 0.2) is 0 Å². The summed E-state index contributed by atoms with van der Waals surface area (Å²) in [6.45, 7) is 28.6. The van der Waals surface area contributed by atoms with Gasteiger partial charge in [-0.2, -0.15) is 12.1 Å². The molecule has 0 radical (unpaired) electrons. The molecule has 14 rings (SSSR count). The summed E-state index contributed by atoms with van der Waals surface area (Å²) in [6, 6.07) is 76.5. The SMILES string of the molecule is CC(C)(C)c1cc2c(c(C(C)(C)C)c1)C1(c3ccc(Oc4[c-]c5c(cc4)c4ccccc4n5-c4ccccn4)[c-]c3-n3[c-][n+](-c4c(-c5ccccc5)cccc4-c4ccccc4)c4cccc1c43)c1c-2cc(C(C)(C)C)cc1C(C)(C)C.[Pt]. The van der Waals surface area contributed by atoms with Crippen LogP contribution in [0.15, 0.2) is 194 Å². The van der Waals surface area contributed by atoms with E-state index in [0.29, 0.717) is 11.5 Å². The van der Waals surface area contributed by atoms with Crippen molar-refractivity contribution in [3.05, 3.63) is 257 Å². The Balaban J connectivity index is 0.00000645. The molecule has 5 nitrogen and oxygen atoms in total. The van der Waals surface area contributed by atoms with E-state index in [1.807, 2.05) is 30.5 Å². The van der Waals surface area contributed by atoms with Crippen molar-refractivity contribution in [3.8, 4) is 62.1 Å². The van der Waals surface area contributed by atoms with Gasteiger partial charge in [0.05, 0.1) is 16.7 Å². The summed E-state index contributed by atoms with van der Waals surface area (Å²) >= 11 is 0. The molecule has 1 aliphatic heterocycles. The maximum absolute atomic E-state index is 7.14. The number of imidazole rings is 1. The molecule has 1 spiro atoms. The zero-order valence-electron chi connectivity index (χ0n) is 49.5. The first-order valence-electron chi connectivity index (χ1n) is 29.0. The van der Waals surface area contributed by atoms with E-state index < -0.39 is 5.41 Å². The number of hydrogen-bond donors (Lipinski definition) is 0. The van der Waals surface area contributed by atoms with E-state index in [-0.39, 0.29) is 42.7 Å². The molecule has 1 aliphatic carbocycles. The Bertz CT molecular complexity index is 4420. The van der Waals surface area contributed by atoms with E-state index in [1.54, 1.807) is 0 Å². The Labute approximate surface area is 503 Å². The van der Waals surface area contributed by atoms with Crippen LogP contribution in [0.25, 0.3) is 83.4 Å². The summed E-state index contributed by atoms with van der Waals surface area (Å²) in [6.07, 6.45) is 5.95. The van der Waals surface area contributed by atoms with Crippen LogP contribution < -0.4 is 9.30 Å². The fourth-order valence-corrected chi connectivity index (χ4v) is 13.4. The predicted molar refractivity (Wildman–Crippen MR) is 336 cm³/mol. The summed E-state index contributed by atoms with van der Waals surface area (Å²) in [5.74, 6) is 1.99. The van der Waals surface area contributed by atoms with Gasteiger partial charge < -0.3 is 13.9 Å². The smallest absolute Gasteiger partial charge is 0.268 e. The zero-order chi connectivity index (χ0) is 56.8. The number of benzene rings is 9. The molecule has 0 bridgehead atoms. The number of hydrogen-bond acceptors (Lipinski definition) is 2. The summed E-state index contributed by atoms with van der Waals surface area (Å²) in [5.41, 5.74) is 21.9. The second-order valence-electron chi connectivity index (χ2n) is 26.8. The summed E-state index contributed by atoms with van der Waals surface area (Å²) in [4.78, 5) is 4.82. The molecule has 0 fully saturated rings. The minimum Gasteiger partial charge on any atom is -0.510 e. The van der Waals surface area contributed by atoms with Gasteiger partial charge in [0.25, 0.3) is 6.33 Å². The minimum atomic E-state index is -0.817. The number of aromatic nitrogens is 4. The average Bonchev–Trinajstić information content (AvgIpc) is 1.59. The third kappa shape index (κ3) is 8.43. The van der Waals surface area contributed by atoms with Crippen molar-refractivity contribution in [1.29, 1.82) is 0 Å². The van der Waals surface area contributed by atoms with Crippen molar-refractivity contribution in [2.24, 2.45) is 0 Å². The fourth-order valence-electron chi connectivity index (χ4n) is 13.4. The molecular formula is C77H68N4OPt-2. The molecule has 0 unspecified atom stereocenters. The van der Waals surface area contributed by atoms with Crippen molar-refractivity contribution < 1.29 is 30.4 Å². The third-order valence-corrected chi connectivity index (χ3v) is 17.4. The maximum atomic E-state index is 7.14. The number of rotatable bonds is 6. The molecule has 0 saturated carbocycles. The van der Waals surface area contributed by atoms with E-state index in [2.05, 4.69) is 279 Å². The van der Waals surface area contributed by atoms with Crippen LogP contribution in [0.1, 0.15) is 128 Å². The number of para-hydroxylation sites is 3. The maximum Gasteiger partial charge on any atom is 0.268 e. The van der Waals surface area contributed by atoms with Crippen LogP contribution in [0, 0.1) is 18.5 Å². The molecule has 9 aromatic carbocycles. The van der Waals surface area contributed by atoms with Gasteiger partial charge >= 0.3 is 0 Å². The van der Waals surface area contributed by atoms with Gasteiger partial charge in [-0.1, -0.05) is 234 Å². The monoisotopic (exact) mass is 1260 g/mol. The van der Waals surface area contributed by atoms with E-state index in [1.165, 1.54) is 50.1 Å². The molecule has 83 heavy (non-hydrogen) atoms. The molecule has 0 saturated heterocycles. The molecule has 0 atom stereocenters. The van der Waals surface area contributed by atoms with Gasteiger partial charge in [-0.25, -0.2) is 4.98 Å². The molecule has 414 valence electrons. The van der Waals surface area contributed by atoms with Crippen molar-refractivity contribution >= 4 is 32.8 Å². The quantitative estimate of drug-likeness (QED) is 0.123. The van der Waals surface area contributed by atoms with Crippen LogP contribution in [0.2, 0.25) is 0 Å². The van der Waals surface area contributed by atoms with Gasteiger partial charge in [-0.15, -0.1) is 35.2 Å². The van der Waals surface area contributed by atoms with Crippen LogP contribution in [0.5, 0.6) is 11.5 Å². The van der Waals surface area contributed by atoms with Crippen molar-refractivity contribution in [1.82, 2.24) is 14.1 Å². The number of fused-ring (bicyclic) bond motifs is 12. The first kappa shape index (κ1) is 54.2. The number of ether oxygens (including phenoxy) is 1. The largest absolute Gasteiger partial charge is 0.510 e. The standard InChI is InChI=1S/C77H68N4O.Pt/c1-73(2,3)50-41-58-59-42-51(74(4,5)6)44-63(76(10,11)12)70(59)77(69(58)62(43-50)75(7,8)9)60-39-37-53(82-52-36-38-57-56-29-19-20-33-64(56)81(66(57)45-52)68-35-21-22-40-78-68)46-67(60)80-47-79(65-34-24-32-61(77)72(65)80)71-54(48-25-15-13-16-26-48)30-23-31-55(71)49-27-17-14-18-28-49;/h13-44H,1-12H3;/q-2;. The zero-order valence-corrected chi connectivity index (χ0v) is 51.8. The van der Waals surface area contributed by atoms with Crippen molar-refractivity contribution in [2.45, 2.75) is 110 Å². The Kier molecular flexibility index (Phi) is 12.5. The van der Waals surface area contributed by atoms with Gasteiger partial charge in [-0.3, -0.25) is 4.57 Å². The summed E-state index contributed by atoms with van der Waals surface area (Å²) < 4.78 is 14.0. The van der Waals surface area contributed by atoms with Gasteiger partial charge in [0.1, 0.15) is 5.82 Å². The van der Waals surface area contributed by atoms with Crippen LogP contribution in [-0.4, -0.2) is 14.1 Å². The van der Waals surface area contributed by atoms with Gasteiger partial charge in [0, 0.05) is 49.7 Å². The summed E-state index contributed by atoms with van der Waals surface area (Å²) in [5, 5.41) is 2.21. The number of nitrogens with zero attached hydrogens (tertiary/aromatic N) is 4. The molecule has 4 heterocycles. The Morgan fingerprint density at radius 1 is 0.482 bits per heavy atom. The second-order valence-corrected chi connectivity index (χ2v) is 26.8. The Morgan fingerprint density at radius 3 is 1.61 bits per heavy atom. The van der Waals surface area contributed by atoms with Gasteiger partial charge in [0.2, 0.25) is 0 Å².